The van der Waals surface area contributed by atoms with Crippen LogP contribution in [0.3, 0.4) is 0 Å². The SMILES string of the molecule is CCCOC(C)CCOC. The van der Waals surface area contributed by atoms with Crippen molar-refractivity contribution in [2.75, 3.05) is 20.3 Å². The summed E-state index contributed by atoms with van der Waals surface area (Å²) in [6.45, 7) is 5.85. The Kier molecular flexibility index (Phi) is 6.98. The summed E-state index contributed by atoms with van der Waals surface area (Å²) in [4.78, 5) is 0. The molecule has 0 aliphatic heterocycles. The van der Waals surface area contributed by atoms with Crippen LogP contribution in [0.5, 0.6) is 0 Å². The van der Waals surface area contributed by atoms with E-state index >= 15 is 0 Å². The van der Waals surface area contributed by atoms with E-state index in [1.54, 1.807) is 7.11 Å². The fourth-order valence-corrected chi connectivity index (χ4v) is 0.686. The second-order valence-corrected chi connectivity index (χ2v) is 2.46. The van der Waals surface area contributed by atoms with Crippen LogP contribution in [0.4, 0.5) is 0 Å². The van der Waals surface area contributed by atoms with Gasteiger partial charge in [-0.2, -0.15) is 0 Å². The largest absolute Gasteiger partial charge is 0.385 e. The van der Waals surface area contributed by atoms with Crippen LogP contribution in [-0.4, -0.2) is 26.4 Å². The molecule has 0 heterocycles. The molecule has 0 aliphatic carbocycles. The quantitative estimate of drug-likeness (QED) is 0.569. The summed E-state index contributed by atoms with van der Waals surface area (Å²) >= 11 is 0. The average Bonchev–Trinajstić information content (AvgIpc) is 1.97. The maximum atomic E-state index is 5.41. The molecule has 0 radical (unpaired) electrons. The van der Waals surface area contributed by atoms with Crippen LogP contribution >= 0.6 is 0 Å². The minimum Gasteiger partial charge on any atom is -0.385 e. The lowest BCUT2D eigenvalue weighted by Crippen LogP contribution is -2.11. The van der Waals surface area contributed by atoms with Gasteiger partial charge in [-0.05, 0) is 19.8 Å². The summed E-state index contributed by atoms with van der Waals surface area (Å²) in [5, 5.41) is 0. The van der Waals surface area contributed by atoms with Crippen molar-refractivity contribution in [2.45, 2.75) is 32.8 Å². The molecule has 10 heavy (non-hydrogen) atoms. The minimum absolute atomic E-state index is 0.347. The van der Waals surface area contributed by atoms with Crippen molar-refractivity contribution >= 4 is 0 Å². The molecule has 0 saturated carbocycles. The molecule has 0 aromatic rings. The third-order valence-corrected chi connectivity index (χ3v) is 1.33. The Balaban J connectivity index is 3.00. The van der Waals surface area contributed by atoms with E-state index in [1.165, 1.54) is 0 Å². The van der Waals surface area contributed by atoms with Gasteiger partial charge >= 0.3 is 0 Å². The molecule has 0 aromatic carbocycles. The van der Waals surface area contributed by atoms with Gasteiger partial charge in [-0.25, -0.2) is 0 Å². The standard InChI is InChI=1S/C8H18O2/c1-4-6-10-8(2)5-7-9-3/h8H,4-7H2,1-3H3. The molecule has 1 unspecified atom stereocenters. The van der Waals surface area contributed by atoms with Crippen molar-refractivity contribution in [3.05, 3.63) is 0 Å². The van der Waals surface area contributed by atoms with Crippen LogP contribution in [0.1, 0.15) is 26.7 Å². The number of ether oxygens (including phenoxy) is 2. The van der Waals surface area contributed by atoms with Gasteiger partial charge in [-0.15, -0.1) is 0 Å². The van der Waals surface area contributed by atoms with Crippen LogP contribution < -0.4 is 0 Å². The van der Waals surface area contributed by atoms with Gasteiger partial charge in [-0.1, -0.05) is 6.92 Å². The first-order valence-corrected chi connectivity index (χ1v) is 3.91. The minimum atomic E-state index is 0.347. The molecule has 0 bridgehead atoms. The monoisotopic (exact) mass is 146 g/mol. The molecule has 0 rings (SSSR count). The first-order valence-electron chi connectivity index (χ1n) is 3.91. The Morgan fingerprint density at radius 2 is 2.00 bits per heavy atom. The second-order valence-electron chi connectivity index (χ2n) is 2.46. The van der Waals surface area contributed by atoms with Crippen LogP contribution in [0.2, 0.25) is 0 Å². The summed E-state index contributed by atoms with van der Waals surface area (Å²) in [7, 11) is 1.71. The maximum Gasteiger partial charge on any atom is 0.0568 e. The number of rotatable bonds is 6. The molecule has 0 fully saturated rings. The smallest absolute Gasteiger partial charge is 0.0568 e. The highest BCUT2D eigenvalue weighted by Gasteiger charge is 1.98. The lowest BCUT2D eigenvalue weighted by molar-refractivity contribution is 0.0413. The fraction of sp³-hybridized carbons (Fsp3) is 1.00. The van der Waals surface area contributed by atoms with Gasteiger partial charge in [0.05, 0.1) is 6.10 Å². The Hall–Kier alpha value is -0.0800. The number of hydrogen-bond donors (Lipinski definition) is 0. The number of methoxy groups -OCH3 is 1. The van der Waals surface area contributed by atoms with Gasteiger partial charge in [-0.3, -0.25) is 0 Å². The summed E-state index contributed by atoms with van der Waals surface area (Å²) in [5.74, 6) is 0. The predicted octanol–water partition coefficient (Wildman–Crippen LogP) is 1.84. The Morgan fingerprint density at radius 1 is 1.30 bits per heavy atom. The van der Waals surface area contributed by atoms with E-state index in [-0.39, 0.29) is 0 Å². The van der Waals surface area contributed by atoms with Gasteiger partial charge < -0.3 is 9.47 Å². The molecular weight excluding hydrogens is 128 g/mol. The summed E-state index contributed by atoms with van der Waals surface area (Å²) < 4.78 is 10.3. The molecule has 1 atom stereocenters. The Bertz CT molecular complexity index is 56.3. The molecule has 0 spiro atoms. The van der Waals surface area contributed by atoms with E-state index in [2.05, 4.69) is 13.8 Å². The van der Waals surface area contributed by atoms with Gasteiger partial charge in [0.2, 0.25) is 0 Å². The normalized spacial score (nSPS) is 13.5. The van der Waals surface area contributed by atoms with Gasteiger partial charge in [0.1, 0.15) is 0 Å². The zero-order valence-corrected chi connectivity index (χ0v) is 7.22. The third kappa shape index (κ3) is 6.05. The van der Waals surface area contributed by atoms with Crippen molar-refractivity contribution in [3.63, 3.8) is 0 Å². The highest BCUT2D eigenvalue weighted by atomic mass is 16.5. The maximum absolute atomic E-state index is 5.41. The molecule has 0 saturated heterocycles. The van der Waals surface area contributed by atoms with Gasteiger partial charge in [0, 0.05) is 20.3 Å². The Labute approximate surface area is 63.5 Å². The van der Waals surface area contributed by atoms with Crippen LogP contribution in [0.25, 0.3) is 0 Å². The number of hydrogen-bond acceptors (Lipinski definition) is 2. The van der Waals surface area contributed by atoms with E-state index in [0.29, 0.717) is 6.10 Å². The molecule has 0 amide bonds. The van der Waals surface area contributed by atoms with E-state index in [1.807, 2.05) is 0 Å². The average molecular weight is 146 g/mol. The predicted molar refractivity (Wildman–Crippen MR) is 42.2 cm³/mol. The van der Waals surface area contributed by atoms with E-state index in [9.17, 15) is 0 Å². The topological polar surface area (TPSA) is 18.5 Å². The van der Waals surface area contributed by atoms with Crippen molar-refractivity contribution in [1.29, 1.82) is 0 Å². The lowest BCUT2D eigenvalue weighted by atomic mass is 10.3. The second kappa shape index (κ2) is 7.03. The highest BCUT2D eigenvalue weighted by molar-refractivity contribution is 4.47. The van der Waals surface area contributed by atoms with Crippen LogP contribution in [0.15, 0.2) is 0 Å². The van der Waals surface area contributed by atoms with Crippen molar-refractivity contribution in [2.24, 2.45) is 0 Å². The molecule has 2 nitrogen and oxygen atoms in total. The van der Waals surface area contributed by atoms with Crippen molar-refractivity contribution in [1.82, 2.24) is 0 Å². The highest BCUT2D eigenvalue weighted by Crippen LogP contribution is 1.97. The molecule has 62 valence electrons. The molecule has 2 heteroatoms. The van der Waals surface area contributed by atoms with Crippen LogP contribution in [-0.2, 0) is 9.47 Å². The van der Waals surface area contributed by atoms with E-state index in [0.717, 1.165) is 26.1 Å². The zero-order valence-electron chi connectivity index (χ0n) is 7.22. The van der Waals surface area contributed by atoms with Crippen molar-refractivity contribution in [3.8, 4) is 0 Å². The summed E-state index contributed by atoms with van der Waals surface area (Å²) in [6.07, 6.45) is 2.44. The molecular formula is C8H18O2. The molecule has 0 aromatic heterocycles. The molecule has 0 aliphatic rings. The third-order valence-electron chi connectivity index (χ3n) is 1.33. The van der Waals surface area contributed by atoms with E-state index < -0.39 is 0 Å². The first-order chi connectivity index (χ1) is 4.81. The Morgan fingerprint density at radius 3 is 2.50 bits per heavy atom. The zero-order chi connectivity index (χ0) is 7.82. The lowest BCUT2D eigenvalue weighted by Gasteiger charge is -2.10. The van der Waals surface area contributed by atoms with Gasteiger partial charge in [0.15, 0.2) is 0 Å². The van der Waals surface area contributed by atoms with Gasteiger partial charge in [0.25, 0.3) is 0 Å². The van der Waals surface area contributed by atoms with Crippen molar-refractivity contribution < 1.29 is 9.47 Å². The first kappa shape index (κ1) is 9.92. The fourth-order valence-electron chi connectivity index (χ4n) is 0.686. The van der Waals surface area contributed by atoms with E-state index in [4.69, 9.17) is 9.47 Å². The summed E-state index contributed by atoms with van der Waals surface area (Å²) in [5.41, 5.74) is 0. The van der Waals surface area contributed by atoms with Crippen LogP contribution in [0, 0.1) is 0 Å². The molecule has 0 N–H and O–H groups in total. The summed E-state index contributed by atoms with van der Waals surface area (Å²) in [6, 6.07) is 0.